The summed E-state index contributed by atoms with van der Waals surface area (Å²) < 4.78 is 37.7. The van der Waals surface area contributed by atoms with Crippen LogP contribution in [0.2, 0.25) is 0 Å². The molecule has 94 valence electrons. The zero-order valence-corrected chi connectivity index (χ0v) is 13.6. The Bertz CT molecular complexity index is 531. The molecule has 1 rings (SSSR count). The second-order valence-corrected chi connectivity index (χ2v) is 5.89. The molecule has 0 fully saturated rings. The van der Waals surface area contributed by atoms with Gasteiger partial charge in [0.1, 0.15) is 15.9 Å². The van der Waals surface area contributed by atoms with Crippen LogP contribution in [-0.2, 0) is 14.9 Å². The van der Waals surface area contributed by atoms with E-state index < -0.39 is 26.4 Å². The average Bonchev–Trinajstić information content (AvgIpc) is 2.15. The summed E-state index contributed by atoms with van der Waals surface area (Å²) in [5.41, 5.74) is -0.778. The fraction of sp³-hybridized carbons (Fsp3) is 0.364. The van der Waals surface area contributed by atoms with Gasteiger partial charge in [0.25, 0.3) is 0 Å². The fourth-order valence-electron chi connectivity index (χ4n) is 0.994. The van der Waals surface area contributed by atoms with E-state index in [1.54, 1.807) is 20.8 Å². The van der Waals surface area contributed by atoms with Crippen molar-refractivity contribution in [2.75, 3.05) is 0 Å². The summed E-state index contributed by atoms with van der Waals surface area (Å²) in [6, 6.07) is 5.25. The van der Waals surface area contributed by atoms with Gasteiger partial charge in [0.15, 0.2) is 0 Å². The largest absolute Gasteiger partial charge is 1.00 e. The first-order valence-corrected chi connectivity index (χ1v) is 6.30. The molecule has 0 saturated heterocycles. The third-order valence-electron chi connectivity index (χ3n) is 1.93. The minimum atomic E-state index is -4.65. The summed E-state index contributed by atoms with van der Waals surface area (Å²) >= 11 is 0. The van der Waals surface area contributed by atoms with Crippen LogP contribution in [0.4, 0.5) is 0 Å². The Morgan fingerprint density at radius 2 is 1.72 bits per heavy atom. The smallest absolute Gasteiger partial charge is 0.744 e. The van der Waals surface area contributed by atoms with Gasteiger partial charge >= 0.3 is 35.5 Å². The van der Waals surface area contributed by atoms with E-state index in [1.165, 1.54) is 18.2 Å². The van der Waals surface area contributed by atoms with Crippen molar-refractivity contribution in [2.45, 2.75) is 25.7 Å². The van der Waals surface area contributed by atoms with Gasteiger partial charge in [-0.3, -0.25) is 4.79 Å². The third-order valence-corrected chi connectivity index (χ3v) is 2.81. The second kappa shape index (κ2) is 6.16. The number of carbonyl (C=O) groups excluding carboxylic acids is 1. The monoisotopic (exact) mass is 280 g/mol. The normalized spacial score (nSPS) is 11.6. The minimum absolute atomic E-state index is 0. The van der Waals surface area contributed by atoms with E-state index in [9.17, 15) is 17.8 Å². The third kappa shape index (κ3) is 4.70. The van der Waals surface area contributed by atoms with E-state index in [2.05, 4.69) is 0 Å². The number of hydrogen-bond donors (Lipinski definition) is 0. The van der Waals surface area contributed by atoms with Crippen LogP contribution in [0.1, 0.15) is 20.8 Å². The van der Waals surface area contributed by atoms with Crippen LogP contribution in [-0.4, -0.2) is 18.9 Å². The van der Waals surface area contributed by atoms with Crippen LogP contribution in [0.15, 0.2) is 29.2 Å². The molecule has 0 atom stereocenters. The standard InChI is InChI=1S/C11H14O5S.Na/c1-11(2,3)10(12)16-8-6-4-5-7-9(8)17(13,14)15;/h4-7H,1-3H3,(H,13,14,15);/q;+1/p-1. The van der Waals surface area contributed by atoms with E-state index in [4.69, 9.17) is 4.74 Å². The molecule has 18 heavy (non-hydrogen) atoms. The van der Waals surface area contributed by atoms with E-state index in [0.29, 0.717) is 0 Å². The van der Waals surface area contributed by atoms with Crippen molar-refractivity contribution in [3.63, 3.8) is 0 Å². The molecule has 0 aliphatic heterocycles. The summed E-state index contributed by atoms with van der Waals surface area (Å²) in [6.07, 6.45) is 0. The number of esters is 1. The van der Waals surface area contributed by atoms with Gasteiger partial charge in [-0.1, -0.05) is 12.1 Å². The molecule has 0 spiro atoms. The number of para-hydroxylation sites is 1. The molecule has 0 aliphatic rings. The van der Waals surface area contributed by atoms with E-state index in [1.807, 2.05) is 0 Å². The van der Waals surface area contributed by atoms with Crippen LogP contribution >= 0.6 is 0 Å². The number of hydrogen-bond acceptors (Lipinski definition) is 5. The SMILES string of the molecule is CC(C)(C)C(=O)Oc1ccccc1S(=O)(=O)[O-].[Na+]. The Morgan fingerprint density at radius 3 is 2.17 bits per heavy atom. The molecular weight excluding hydrogens is 267 g/mol. The van der Waals surface area contributed by atoms with Crippen molar-refractivity contribution in [1.29, 1.82) is 0 Å². The quantitative estimate of drug-likeness (QED) is 0.286. The van der Waals surface area contributed by atoms with Crippen LogP contribution in [0.25, 0.3) is 0 Å². The zero-order chi connectivity index (χ0) is 13.3. The molecule has 0 saturated carbocycles. The van der Waals surface area contributed by atoms with Crippen molar-refractivity contribution in [1.82, 2.24) is 0 Å². The molecular formula is C11H13NaO5S. The van der Waals surface area contributed by atoms with Crippen molar-refractivity contribution in [3.05, 3.63) is 24.3 Å². The van der Waals surface area contributed by atoms with Crippen molar-refractivity contribution in [3.8, 4) is 5.75 Å². The molecule has 0 aliphatic carbocycles. The van der Waals surface area contributed by atoms with Crippen molar-refractivity contribution in [2.24, 2.45) is 5.41 Å². The second-order valence-electron chi connectivity index (χ2n) is 4.54. The summed E-state index contributed by atoms with van der Waals surface area (Å²) in [4.78, 5) is 11.1. The first-order chi connectivity index (χ1) is 7.62. The number of ether oxygens (including phenoxy) is 1. The van der Waals surface area contributed by atoms with Crippen molar-refractivity contribution >= 4 is 16.1 Å². The molecule has 5 nitrogen and oxygen atoms in total. The summed E-state index contributed by atoms with van der Waals surface area (Å²) in [6.45, 7) is 4.89. The van der Waals surface area contributed by atoms with E-state index in [0.717, 1.165) is 6.07 Å². The van der Waals surface area contributed by atoms with Gasteiger partial charge in [0.05, 0.1) is 10.3 Å². The average molecular weight is 280 g/mol. The topological polar surface area (TPSA) is 83.5 Å². The van der Waals surface area contributed by atoms with Gasteiger partial charge in [-0.05, 0) is 32.9 Å². The van der Waals surface area contributed by atoms with Crippen LogP contribution in [0.5, 0.6) is 5.75 Å². The molecule has 7 heteroatoms. The zero-order valence-electron chi connectivity index (χ0n) is 10.8. The van der Waals surface area contributed by atoms with Gasteiger partial charge in [0.2, 0.25) is 0 Å². The number of rotatable bonds is 2. The Balaban J connectivity index is 0.00000289. The molecule has 0 bridgehead atoms. The van der Waals surface area contributed by atoms with Crippen LogP contribution in [0, 0.1) is 5.41 Å². The summed E-state index contributed by atoms with van der Waals surface area (Å²) in [5, 5.41) is 0. The van der Waals surface area contributed by atoms with Gasteiger partial charge in [-0.2, -0.15) is 0 Å². The predicted octanol–water partition coefficient (Wildman–Crippen LogP) is -1.45. The van der Waals surface area contributed by atoms with Gasteiger partial charge < -0.3 is 9.29 Å². The summed E-state index contributed by atoms with van der Waals surface area (Å²) in [5.74, 6) is -0.837. The van der Waals surface area contributed by atoms with E-state index in [-0.39, 0.29) is 35.3 Å². The van der Waals surface area contributed by atoms with Crippen molar-refractivity contribution < 1.29 is 52.1 Å². The molecule has 1 aromatic carbocycles. The minimum Gasteiger partial charge on any atom is -0.744 e. The van der Waals surface area contributed by atoms with Gasteiger partial charge in [-0.25, -0.2) is 8.42 Å². The Labute approximate surface area is 129 Å². The predicted molar refractivity (Wildman–Crippen MR) is 59.5 cm³/mol. The Hall–Kier alpha value is -0.400. The maximum Gasteiger partial charge on any atom is 1.00 e. The molecule has 0 unspecified atom stereocenters. The first-order valence-electron chi connectivity index (χ1n) is 4.89. The van der Waals surface area contributed by atoms with Gasteiger partial charge in [-0.15, -0.1) is 0 Å². The fourth-order valence-corrected chi connectivity index (χ4v) is 1.60. The molecule has 1 aromatic rings. The summed E-state index contributed by atoms with van der Waals surface area (Å²) in [7, 11) is -4.65. The number of carbonyl (C=O) groups is 1. The molecule has 0 amide bonds. The van der Waals surface area contributed by atoms with Crippen LogP contribution < -0.4 is 34.3 Å². The molecule has 0 heterocycles. The first kappa shape index (κ1) is 17.6. The molecule has 0 N–H and O–H groups in total. The maximum atomic E-state index is 11.6. The maximum absolute atomic E-state index is 11.6. The van der Waals surface area contributed by atoms with E-state index >= 15 is 0 Å². The Morgan fingerprint density at radius 1 is 1.22 bits per heavy atom. The van der Waals surface area contributed by atoms with Crippen LogP contribution in [0.3, 0.4) is 0 Å². The van der Waals surface area contributed by atoms with Gasteiger partial charge in [0, 0.05) is 0 Å². The molecule has 0 aromatic heterocycles. The number of benzene rings is 1. The molecule has 0 radical (unpaired) electrons. The Kier molecular flexibility index (Phi) is 6.03.